The van der Waals surface area contributed by atoms with E-state index in [1.54, 1.807) is 18.2 Å². The topological polar surface area (TPSA) is 47.2 Å². The average Bonchev–Trinajstić information content (AvgIpc) is 2.55. The Bertz CT molecular complexity index is 1020. The Morgan fingerprint density at radius 2 is 1.84 bits per heavy atom. The summed E-state index contributed by atoms with van der Waals surface area (Å²) in [6.07, 6.45) is 1.53. The van der Waals surface area contributed by atoms with Crippen LogP contribution in [0.15, 0.2) is 56.8 Å². The Kier molecular flexibility index (Phi) is 4.56. The summed E-state index contributed by atoms with van der Waals surface area (Å²) in [5, 5.41) is 4.82. The maximum atomic E-state index is 13.0. The average molecular weight is 402 g/mol. The highest BCUT2D eigenvalue weighted by Crippen LogP contribution is 2.22. The molecule has 0 amide bonds. The summed E-state index contributed by atoms with van der Waals surface area (Å²) in [6.45, 7) is 5.93. The molecular weight excluding hydrogens is 385 g/mol. The summed E-state index contributed by atoms with van der Waals surface area (Å²) in [6, 6.07) is 11.3. The summed E-state index contributed by atoms with van der Waals surface area (Å²) >= 11 is 3.38. The summed E-state index contributed by atoms with van der Waals surface area (Å²) in [4.78, 5) is 17.6. The molecule has 0 fully saturated rings. The molecule has 1 heterocycles. The maximum absolute atomic E-state index is 13.0. The van der Waals surface area contributed by atoms with E-state index in [0.29, 0.717) is 22.3 Å². The van der Waals surface area contributed by atoms with Gasteiger partial charge in [0.25, 0.3) is 5.56 Å². The zero-order valence-electron chi connectivity index (χ0n) is 14.1. The smallest absolute Gasteiger partial charge is 0.267 e. The molecule has 0 radical (unpaired) electrons. The van der Waals surface area contributed by atoms with Crippen molar-refractivity contribution in [3.63, 3.8) is 0 Å². The molecule has 1 aromatic heterocycles. The van der Waals surface area contributed by atoms with Crippen LogP contribution in [-0.4, -0.2) is 15.9 Å². The zero-order chi connectivity index (χ0) is 18.2. The second-order valence-corrected chi connectivity index (χ2v) is 7.68. The molecular formula is C19H17BrFN3O. The molecule has 4 nitrogen and oxygen atoms in total. The van der Waals surface area contributed by atoms with Crippen molar-refractivity contribution in [2.45, 2.75) is 26.2 Å². The SMILES string of the molecule is CC(C)(C)c1nc2ccc(Br)cc2c(=O)n1N=Cc1ccc(F)cc1. The highest BCUT2D eigenvalue weighted by Gasteiger charge is 2.22. The molecule has 0 spiro atoms. The van der Waals surface area contributed by atoms with Gasteiger partial charge in [-0.25, -0.2) is 9.37 Å². The highest BCUT2D eigenvalue weighted by molar-refractivity contribution is 9.10. The third kappa shape index (κ3) is 3.69. The van der Waals surface area contributed by atoms with Gasteiger partial charge in [-0.1, -0.05) is 48.8 Å². The van der Waals surface area contributed by atoms with Gasteiger partial charge in [0.05, 0.1) is 17.1 Å². The minimum absolute atomic E-state index is 0.241. The van der Waals surface area contributed by atoms with Gasteiger partial charge in [-0.15, -0.1) is 0 Å². The van der Waals surface area contributed by atoms with Gasteiger partial charge in [-0.2, -0.15) is 9.78 Å². The Labute approximate surface area is 153 Å². The summed E-state index contributed by atoms with van der Waals surface area (Å²) in [5.41, 5.74) is 0.712. The van der Waals surface area contributed by atoms with Crippen molar-refractivity contribution in [2.24, 2.45) is 5.10 Å². The second-order valence-electron chi connectivity index (χ2n) is 6.76. The van der Waals surface area contributed by atoms with Gasteiger partial charge in [0.2, 0.25) is 0 Å². The number of hydrogen-bond donors (Lipinski definition) is 0. The molecule has 0 unspecified atom stereocenters. The molecule has 2 aromatic carbocycles. The van der Waals surface area contributed by atoms with Crippen LogP contribution in [0.2, 0.25) is 0 Å². The van der Waals surface area contributed by atoms with Gasteiger partial charge in [0.1, 0.15) is 11.6 Å². The number of halogens is 2. The van der Waals surface area contributed by atoms with Gasteiger partial charge in [-0.3, -0.25) is 4.79 Å². The van der Waals surface area contributed by atoms with Crippen molar-refractivity contribution >= 4 is 33.0 Å². The molecule has 3 aromatic rings. The third-order valence-electron chi connectivity index (χ3n) is 3.67. The molecule has 0 aliphatic heterocycles. The van der Waals surface area contributed by atoms with E-state index < -0.39 is 0 Å². The van der Waals surface area contributed by atoms with Crippen LogP contribution in [0.25, 0.3) is 10.9 Å². The Balaban J connectivity index is 2.22. The van der Waals surface area contributed by atoms with Crippen molar-refractivity contribution in [2.75, 3.05) is 0 Å². The number of hydrogen-bond acceptors (Lipinski definition) is 3. The monoisotopic (exact) mass is 401 g/mol. The quantitative estimate of drug-likeness (QED) is 0.594. The van der Waals surface area contributed by atoms with E-state index in [-0.39, 0.29) is 16.8 Å². The van der Waals surface area contributed by atoms with Crippen LogP contribution in [0.5, 0.6) is 0 Å². The van der Waals surface area contributed by atoms with Crippen molar-refractivity contribution in [3.8, 4) is 0 Å². The molecule has 25 heavy (non-hydrogen) atoms. The number of fused-ring (bicyclic) bond motifs is 1. The fraction of sp³-hybridized carbons (Fsp3) is 0.211. The van der Waals surface area contributed by atoms with Gasteiger partial charge in [0.15, 0.2) is 0 Å². The minimum atomic E-state index is -0.374. The molecule has 0 saturated carbocycles. The van der Waals surface area contributed by atoms with Crippen LogP contribution in [0.3, 0.4) is 0 Å². The first-order chi connectivity index (χ1) is 11.8. The fourth-order valence-corrected chi connectivity index (χ4v) is 2.78. The maximum Gasteiger partial charge on any atom is 0.282 e. The standard InChI is InChI=1S/C19H17BrFN3O/c1-19(2,3)18-23-16-9-6-13(20)10-15(16)17(25)24(18)22-11-12-4-7-14(21)8-5-12/h4-11H,1-3H3. The normalized spacial score (nSPS) is 12.2. The lowest BCUT2D eigenvalue weighted by Gasteiger charge is -2.20. The lowest BCUT2D eigenvalue weighted by molar-refractivity contribution is 0.506. The number of nitrogens with zero attached hydrogens (tertiary/aromatic N) is 3. The van der Waals surface area contributed by atoms with E-state index in [1.807, 2.05) is 32.9 Å². The molecule has 6 heteroatoms. The molecule has 0 aliphatic rings. The molecule has 0 atom stereocenters. The number of benzene rings is 2. The molecule has 0 aliphatic carbocycles. The summed E-state index contributed by atoms with van der Waals surface area (Å²) in [5.74, 6) is 0.243. The minimum Gasteiger partial charge on any atom is -0.267 e. The highest BCUT2D eigenvalue weighted by atomic mass is 79.9. The summed E-state index contributed by atoms with van der Waals surface area (Å²) in [7, 11) is 0. The predicted molar refractivity (Wildman–Crippen MR) is 102 cm³/mol. The fourth-order valence-electron chi connectivity index (χ4n) is 2.41. The predicted octanol–water partition coefficient (Wildman–Crippen LogP) is 4.48. The van der Waals surface area contributed by atoms with Crippen LogP contribution < -0.4 is 5.56 Å². The molecule has 0 saturated heterocycles. The molecule has 3 rings (SSSR count). The molecule has 0 N–H and O–H groups in total. The lowest BCUT2D eigenvalue weighted by Crippen LogP contribution is -2.29. The first-order valence-corrected chi connectivity index (χ1v) is 8.58. The van der Waals surface area contributed by atoms with Crippen LogP contribution >= 0.6 is 15.9 Å². The van der Waals surface area contributed by atoms with Gasteiger partial charge < -0.3 is 0 Å². The number of rotatable bonds is 2. The van der Waals surface area contributed by atoms with Crippen LogP contribution in [-0.2, 0) is 5.41 Å². The lowest BCUT2D eigenvalue weighted by atomic mass is 9.95. The van der Waals surface area contributed by atoms with Gasteiger partial charge in [-0.05, 0) is 35.9 Å². The zero-order valence-corrected chi connectivity index (χ0v) is 15.7. The van der Waals surface area contributed by atoms with Crippen LogP contribution in [0, 0.1) is 5.82 Å². The van der Waals surface area contributed by atoms with Crippen LogP contribution in [0.1, 0.15) is 32.2 Å². The second kappa shape index (κ2) is 6.52. The first kappa shape index (κ1) is 17.5. The van der Waals surface area contributed by atoms with Crippen molar-refractivity contribution in [1.82, 2.24) is 9.66 Å². The van der Waals surface area contributed by atoms with E-state index in [1.165, 1.54) is 23.0 Å². The van der Waals surface area contributed by atoms with Gasteiger partial charge in [0, 0.05) is 9.89 Å². The van der Waals surface area contributed by atoms with E-state index in [0.717, 1.165) is 4.47 Å². The van der Waals surface area contributed by atoms with Crippen LogP contribution in [0.4, 0.5) is 4.39 Å². The van der Waals surface area contributed by atoms with Crippen molar-refractivity contribution in [1.29, 1.82) is 0 Å². The third-order valence-corrected chi connectivity index (χ3v) is 4.16. The van der Waals surface area contributed by atoms with E-state index in [4.69, 9.17) is 0 Å². The summed E-state index contributed by atoms with van der Waals surface area (Å²) < 4.78 is 15.2. The Morgan fingerprint density at radius 1 is 1.16 bits per heavy atom. The molecule has 0 bridgehead atoms. The van der Waals surface area contributed by atoms with E-state index >= 15 is 0 Å². The van der Waals surface area contributed by atoms with Gasteiger partial charge >= 0.3 is 0 Å². The number of aromatic nitrogens is 2. The van der Waals surface area contributed by atoms with Crippen molar-refractivity contribution < 1.29 is 4.39 Å². The van der Waals surface area contributed by atoms with Crippen molar-refractivity contribution in [3.05, 3.63) is 74.5 Å². The Hall–Kier alpha value is -2.34. The Morgan fingerprint density at radius 3 is 2.48 bits per heavy atom. The largest absolute Gasteiger partial charge is 0.282 e. The van der Waals surface area contributed by atoms with E-state index in [2.05, 4.69) is 26.0 Å². The molecule has 128 valence electrons. The first-order valence-electron chi connectivity index (χ1n) is 7.78. The van der Waals surface area contributed by atoms with E-state index in [9.17, 15) is 9.18 Å².